The van der Waals surface area contributed by atoms with Gasteiger partial charge in [0.1, 0.15) is 5.60 Å². The van der Waals surface area contributed by atoms with Crippen LogP contribution in [0.1, 0.15) is 148 Å². The first-order chi connectivity index (χ1) is 22.9. The van der Waals surface area contributed by atoms with Crippen LogP contribution >= 0.6 is 0 Å². The molecule has 0 heterocycles. The smallest absolute Gasteiger partial charge is 0.192 e. The fourth-order valence-corrected chi connectivity index (χ4v) is 11.6. The Bertz CT molecular complexity index is 1200. The highest BCUT2D eigenvalue weighted by Gasteiger charge is 2.51. The summed E-state index contributed by atoms with van der Waals surface area (Å²) in [5.41, 5.74) is 3.06. The minimum absolute atomic E-state index is 0.185. The van der Waals surface area contributed by atoms with E-state index in [1.807, 2.05) is 13.8 Å². The standard InChI is InChI=1S/C44H80O4Si2/c1-18-36-39(47-49(14,15)41(5,6)7)30-34(31-40(36)48-50(16,17)42(8,9)10)24-25-35-23-21-29-44(13)37(26-27-38(35)44)32(3)22-20-28-43(11,12)46-33(4)45-19-2/h24-25,32-33,36-40H,18-19,21-23,26-27,29-31H2,1-17H3/b34-24?,35-25+/t32-,33?,36?,37+,38+,39+,40+,44+/m0/s1. The maximum Gasteiger partial charge on any atom is 0.192 e. The molecule has 4 nitrogen and oxygen atoms in total. The lowest BCUT2D eigenvalue weighted by Gasteiger charge is -2.48. The zero-order valence-electron chi connectivity index (χ0n) is 35.9. The molecule has 7 atom stereocenters. The second-order valence-corrected chi connectivity index (χ2v) is 29.6. The topological polar surface area (TPSA) is 36.9 Å². The van der Waals surface area contributed by atoms with Gasteiger partial charge in [-0.3, -0.25) is 0 Å². The van der Waals surface area contributed by atoms with Crippen molar-refractivity contribution in [1.29, 1.82) is 0 Å². The summed E-state index contributed by atoms with van der Waals surface area (Å²) in [6.45, 7) is 40.0. The minimum atomic E-state index is -1.95. The van der Waals surface area contributed by atoms with Gasteiger partial charge in [0.05, 0.1) is 12.2 Å². The first kappa shape index (κ1) is 43.7. The number of hydrogen-bond acceptors (Lipinski definition) is 4. The number of ether oxygens (including phenoxy) is 2. The Hall–Kier alpha value is -0.686. The third-order valence-corrected chi connectivity index (χ3v) is 22.8. The van der Waals surface area contributed by atoms with Crippen molar-refractivity contribution in [3.05, 3.63) is 23.3 Å². The highest BCUT2D eigenvalue weighted by molar-refractivity contribution is 6.74. The normalized spacial score (nSPS) is 30.5. The molecule has 3 saturated carbocycles. The van der Waals surface area contributed by atoms with E-state index in [-0.39, 0.29) is 28.6 Å². The van der Waals surface area contributed by atoms with E-state index in [1.54, 1.807) is 5.57 Å². The quantitative estimate of drug-likeness (QED) is 0.114. The molecule has 0 aromatic rings. The van der Waals surface area contributed by atoms with Crippen molar-refractivity contribution in [1.82, 2.24) is 0 Å². The molecule has 0 spiro atoms. The summed E-state index contributed by atoms with van der Waals surface area (Å²) in [4.78, 5) is 0. The fraction of sp³-hybridized carbons (Fsp3) is 0.864. The van der Waals surface area contributed by atoms with Gasteiger partial charge < -0.3 is 18.3 Å². The lowest BCUT2D eigenvalue weighted by molar-refractivity contribution is -0.169. The average Bonchev–Trinajstić information content (AvgIpc) is 3.31. The van der Waals surface area contributed by atoms with Crippen LogP contribution in [-0.4, -0.2) is 47.3 Å². The molecule has 0 bridgehead atoms. The predicted molar refractivity (Wildman–Crippen MR) is 219 cm³/mol. The van der Waals surface area contributed by atoms with Gasteiger partial charge in [0.25, 0.3) is 0 Å². The van der Waals surface area contributed by atoms with Crippen molar-refractivity contribution < 1.29 is 18.3 Å². The summed E-state index contributed by atoms with van der Waals surface area (Å²) in [6.07, 6.45) is 15.9. The molecule has 3 fully saturated rings. The SMILES string of the molecule is CCOC(C)OC(C)(C)C#CC[C@H](C)[C@H]1CC[C@@H]2/C(=C/C=C3C[C@@H](O[Si](C)(C)C(C)(C)C)C(CC)[C@H](O[Si](C)(C)C(C)(C)C)C3)CCC[C@@]21C. The van der Waals surface area contributed by atoms with Crippen LogP contribution in [0.25, 0.3) is 0 Å². The lowest BCUT2D eigenvalue weighted by Crippen LogP contribution is -2.53. The summed E-state index contributed by atoms with van der Waals surface area (Å²) < 4.78 is 26.3. The monoisotopic (exact) mass is 729 g/mol. The van der Waals surface area contributed by atoms with Crippen LogP contribution in [0.5, 0.6) is 0 Å². The molecule has 6 heteroatoms. The van der Waals surface area contributed by atoms with Crippen LogP contribution in [0.15, 0.2) is 23.3 Å². The number of hydrogen-bond donors (Lipinski definition) is 0. The van der Waals surface area contributed by atoms with E-state index in [1.165, 1.54) is 37.7 Å². The van der Waals surface area contributed by atoms with Crippen LogP contribution in [0.2, 0.25) is 36.3 Å². The van der Waals surface area contributed by atoms with Crippen LogP contribution in [0.3, 0.4) is 0 Å². The lowest BCUT2D eigenvalue weighted by atomic mass is 9.61. The van der Waals surface area contributed by atoms with Gasteiger partial charge in [-0.25, -0.2) is 0 Å². The van der Waals surface area contributed by atoms with Gasteiger partial charge in [-0.05, 0) is 138 Å². The van der Waals surface area contributed by atoms with Crippen LogP contribution in [-0.2, 0) is 18.3 Å². The predicted octanol–water partition coefficient (Wildman–Crippen LogP) is 12.9. The average molecular weight is 729 g/mol. The van der Waals surface area contributed by atoms with Crippen LogP contribution in [0.4, 0.5) is 0 Å². The van der Waals surface area contributed by atoms with Crippen LogP contribution < -0.4 is 0 Å². The molecule has 0 N–H and O–H groups in total. The van der Waals surface area contributed by atoms with Gasteiger partial charge in [-0.2, -0.15) is 0 Å². The largest absolute Gasteiger partial charge is 0.413 e. The van der Waals surface area contributed by atoms with E-state index in [4.69, 9.17) is 18.3 Å². The van der Waals surface area contributed by atoms with Crippen LogP contribution in [0, 0.1) is 40.9 Å². The molecule has 1 unspecified atom stereocenters. The summed E-state index contributed by atoms with van der Waals surface area (Å²) in [6, 6.07) is 0. The van der Waals surface area contributed by atoms with Gasteiger partial charge in [0.15, 0.2) is 22.9 Å². The second kappa shape index (κ2) is 16.8. The van der Waals surface area contributed by atoms with Crippen molar-refractivity contribution in [2.45, 2.75) is 208 Å². The molecule has 0 amide bonds. The molecular formula is C44H80O4Si2. The molecule has 3 rings (SSSR count). The van der Waals surface area contributed by atoms with Crippen molar-refractivity contribution in [2.24, 2.45) is 29.1 Å². The van der Waals surface area contributed by atoms with Crippen molar-refractivity contribution >= 4 is 16.6 Å². The Kier molecular flexibility index (Phi) is 14.7. The minimum Gasteiger partial charge on any atom is -0.413 e. The van der Waals surface area contributed by atoms with Crippen molar-refractivity contribution in [3.63, 3.8) is 0 Å². The first-order valence-electron chi connectivity index (χ1n) is 20.4. The van der Waals surface area contributed by atoms with Gasteiger partial charge in [-0.1, -0.05) is 97.5 Å². The Balaban J connectivity index is 1.85. The summed E-state index contributed by atoms with van der Waals surface area (Å²) in [7, 11) is -3.89. The van der Waals surface area contributed by atoms with E-state index < -0.39 is 22.2 Å². The zero-order valence-corrected chi connectivity index (χ0v) is 37.9. The molecule has 0 aromatic heterocycles. The number of fused-ring (bicyclic) bond motifs is 1. The molecule has 288 valence electrons. The molecule has 0 saturated heterocycles. The molecule has 0 radical (unpaired) electrons. The Labute approximate surface area is 312 Å². The molecule has 3 aliphatic rings. The fourth-order valence-electron chi connectivity index (χ4n) is 8.89. The highest BCUT2D eigenvalue weighted by atomic mass is 28.4. The number of rotatable bonds is 12. The Morgan fingerprint density at radius 3 is 1.92 bits per heavy atom. The van der Waals surface area contributed by atoms with Gasteiger partial charge in [-0.15, -0.1) is 0 Å². The zero-order chi connectivity index (χ0) is 37.9. The Morgan fingerprint density at radius 2 is 1.42 bits per heavy atom. The van der Waals surface area contributed by atoms with E-state index in [0.717, 1.165) is 25.7 Å². The van der Waals surface area contributed by atoms with E-state index >= 15 is 0 Å². The summed E-state index contributed by atoms with van der Waals surface area (Å²) in [5.74, 6) is 9.34. The Morgan fingerprint density at radius 1 is 0.860 bits per heavy atom. The second-order valence-electron chi connectivity index (χ2n) is 20.1. The van der Waals surface area contributed by atoms with E-state index in [0.29, 0.717) is 35.7 Å². The van der Waals surface area contributed by atoms with Gasteiger partial charge in [0, 0.05) is 18.9 Å². The van der Waals surface area contributed by atoms with Crippen molar-refractivity contribution in [2.75, 3.05) is 6.61 Å². The highest BCUT2D eigenvalue weighted by Crippen LogP contribution is 2.60. The van der Waals surface area contributed by atoms with E-state index in [2.05, 4.69) is 126 Å². The first-order valence-corrected chi connectivity index (χ1v) is 26.2. The van der Waals surface area contributed by atoms with Gasteiger partial charge >= 0.3 is 0 Å². The third-order valence-electron chi connectivity index (χ3n) is 13.8. The maximum atomic E-state index is 7.30. The molecule has 0 aliphatic heterocycles. The third kappa shape index (κ3) is 10.7. The maximum absolute atomic E-state index is 7.30. The summed E-state index contributed by atoms with van der Waals surface area (Å²) in [5, 5.41) is 0.371. The van der Waals surface area contributed by atoms with E-state index in [9.17, 15) is 0 Å². The molecule has 50 heavy (non-hydrogen) atoms. The number of allylic oxidation sites excluding steroid dienone is 3. The van der Waals surface area contributed by atoms with Crippen molar-refractivity contribution in [3.8, 4) is 11.8 Å². The van der Waals surface area contributed by atoms with Gasteiger partial charge in [0.2, 0.25) is 0 Å². The summed E-state index contributed by atoms with van der Waals surface area (Å²) >= 11 is 0. The molecule has 0 aromatic carbocycles. The molecular weight excluding hydrogens is 649 g/mol. The molecule has 3 aliphatic carbocycles.